The lowest BCUT2D eigenvalue weighted by atomic mass is 10.3. The number of ketones is 1. The fraction of sp³-hybridized carbons (Fsp3) is 0.364. The largest absolute Gasteiger partial charge is 0.494 e. The highest BCUT2D eigenvalue weighted by atomic mass is 35.5. The summed E-state index contributed by atoms with van der Waals surface area (Å²) in [5, 5.41) is 0. The second kappa shape index (κ2) is 6.30. The molecule has 4 heteroatoms. The highest BCUT2D eigenvalue weighted by Gasteiger charge is 2.01. The van der Waals surface area contributed by atoms with Gasteiger partial charge in [0.1, 0.15) is 18.1 Å². The maximum Gasteiger partial charge on any atom is 0.184 e. The zero-order chi connectivity index (χ0) is 11.1. The molecular weight excluding hydrogens is 216 g/mol. The monoisotopic (exact) mass is 228 g/mol. The highest BCUT2D eigenvalue weighted by molar-refractivity contribution is 6.27. The second-order valence-corrected chi connectivity index (χ2v) is 3.14. The number of hydrogen-bond donors (Lipinski definition) is 0. The normalized spacial score (nSPS) is 9.73. The predicted octanol–water partition coefficient (Wildman–Crippen LogP) is 2.27. The number of alkyl halides is 1. The molecule has 1 rings (SSSR count). The summed E-state index contributed by atoms with van der Waals surface area (Å²) in [6, 6.07) is 7.15. The number of rotatable bonds is 6. The van der Waals surface area contributed by atoms with Crippen molar-refractivity contribution in [2.24, 2.45) is 0 Å². The molecule has 0 aliphatic rings. The van der Waals surface area contributed by atoms with E-state index in [0.717, 1.165) is 5.75 Å². The van der Waals surface area contributed by atoms with Crippen molar-refractivity contribution in [3.05, 3.63) is 24.3 Å². The topological polar surface area (TPSA) is 35.5 Å². The van der Waals surface area contributed by atoms with Gasteiger partial charge in [0.2, 0.25) is 0 Å². The molecule has 1 aromatic rings. The molecule has 0 bridgehead atoms. The van der Waals surface area contributed by atoms with Crippen LogP contribution in [-0.4, -0.2) is 24.9 Å². The average Bonchev–Trinajstić information content (AvgIpc) is 2.27. The second-order valence-electron chi connectivity index (χ2n) is 2.87. The molecule has 0 unspecified atom stereocenters. The van der Waals surface area contributed by atoms with E-state index in [1.54, 1.807) is 12.1 Å². The number of benzene rings is 1. The first-order valence-electron chi connectivity index (χ1n) is 4.69. The Labute approximate surface area is 93.9 Å². The van der Waals surface area contributed by atoms with Gasteiger partial charge in [-0.2, -0.15) is 0 Å². The summed E-state index contributed by atoms with van der Waals surface area (Å²) in [4.78, 5) is 10.9. The summed E-state index contributed by atoms with van der Waals surface area (Å²) in [6.45, 7) is 2.51. The molecule has 0 aliphatic carbocycles. The Morgan fingerprint density at radius 2 is 2.00 bits per heavy atom. The molecule has 0 heterocycles. The highest BCUT2D eigenvalue weighted by Crippen LogP contribution is 2.19. The maximum absolute atomic E-state index is 10.9. The lowest BCUT2D eigenvalue weighted by Gasteiger charge is -2.07. The minimum absolute atomic E-state index is 0.000914. The average molecular weight is 229 g/mol. The molecule has 0 N–H and O–H groups in total. The van der Waals surface area contributed by atoms with Crippen LogP contribution < -0.4 is 9.47 Å². The van der Waals surface area contributed by atoms with Crippen molar-refractivity contribution in [2.45, 2.75) is 6.92 Å². The summed E-state index contributed by atoms with van der Waals surface area (Å²) in [6.07, 6.45) is 0. The molecule has 0 aromatic heterocycles. The van der Waals surface area contributed by atoms with E-state index in [1.807, 2.05) is 19.1 Å². The smallest absolute Gasteiger partial charge is 0.184 e. The quantitative estimate of drug-likeness (QED) is 0.701. The Hall–Kier alpha value is -1.22. The Kier molecular flexibility index (Phi) is 4.98. The van der Waals surface area contributed by atoms with Gasteiger partial charge in [-0.3, -0.25) is 4.79 Å². The van der Waals surface area contributed by atoms with Crippen molar-refractivity contribution in [2.75, 3.05) is 19.1 Å². The molecule has 0 spiro atoms. The van der Waals surface area contributed by atoms with E-state index < -0.39 is 0 Å². The first-order valence-corrected chi connectivity index (χ1v) is 5.23. The van der Waals surface area contributed by atoms with Gasteiger partial charge in [0.15, 0.2) is 5.78 Å². The van der Waals surface area contributed by atoms with Gasteiger partial charge in [0.05, 0.1) is 12.5 Å². The van der Waals surface area contributed by atoms with Gasteiger partial charge < -0.3 is 9.47 Å². The summed E-state index contributed by atoms with van der Waals surface area (Å²) in [7, 11) is 0. The number of Topliss-reactive ketones (excluding diaryl/α,β-unsaturated/α-hetero) is 1. The van der Waals surface area contributed by atoms with Crippen LogP contribution in [0.5, 0.6) is 11.5 Å². The van der Waals surface area contributed by atoms with Crippen molar-refractivity contribution < 1.29 is 14.3 Å². The van der Waals surface area contributed by atoms with Crippen molar-refractivity contribution in [3.63, 3.8) is 0 Å². The molecule has 15 heavy (non-hydrogen) atoms. The third-order valence-corrected chi connectivity index (χ3v) is 1.96. The lowest BCUT2D eigenvalue weighted by Crippen LogP contribution is -2.12. The van der Waals surface area contributed by atoms with E-state index in [0.29, 0.717) is 12.4 Å². The number of carbonyl (C=O) groups excluding carboxylic acids is 1. The minimum Gasteiger partial charge on any atom is -0.494 e. The molecule has 1 aromatic carbocycles. The minimum atomic E-state index is -0.140. The Balaban J connectivity index is 2.53. The standard InChI is InChI=1S/C11H13ClO3/c1-2-14-10-4-3-5-11(6-10)15-8-9(13)7-12/h3-6H,2,7-8H2,1H3. The van der Waals surface area contributed by atoms with Crippen LogP contribution in [0.4, 0.5) is 0 Å². The van der Waals surface area contributed by atoms with Crippen LogP contribution in [0.1, 0.15) is 6.92 Å². The third kappa shape index (κ3) is 4.21. The molecular formula is C11H13ClO3. The van der Waals surface area contributed by atoms with Crippen molar-refractivity contribution in [1.29, 1.82) is 0 Å². The lowest BCUT2D eigenvalue weighted by molar-refractivity contribution is -0.118. The molecule has 0 aliphatic heterocycles. The molecule has 0 radical (unpaired) electrons. The van der Waals surface area contributed by atoms with Crippen LogP contribution in [0.2, 0.25) is 0 Å². The zero-order valence-corrected chi connectivity index (χ0v) is 9.29. The molecule has 3 nitrogen and oxygen atoms in total. The van der Waals surface area contributed by atoms with Crippen LogP contribution in [0, 0.1) is 0 Å². The van der Waals surface area contributed by atoms with Crippen LogP contribution in [0.3, 0.4) is 0 Å². The third-order valence-electron chi connectivity index (χ3n) is 1.67. The first kappa shape index (κ1) is 11.9. The number of halogens is 1. The van der Waals surface area contributed by atoms with E-state index in [9.17, 15) is 4.79 Å². The van der Waals surface area contributed by atoms with Gasteiger partial charge in [-0.25, -0.2) is 0 Å². The van der Waals surface area contributed by atoms with Crippen LogP contribution >= 0.6 is 11.6 Å². The van der Waals surface area contributed by atoms with Gasteiger partial charge >= 0.3 is 0 Å². The van der Waals surface area contributed by atoms with Gasteiger partial charge in [-0.1, -0.05) is 6.07 Å². The summed E-state index contributed by atoms with van der Waals surface area (Å²) in [5.74, 6) is 1.18. The van der Waals surface area contributed by atoms with E-state index in [1.165, 1.54) is 0 Å². The van der Waals surface area contributed by atoms with Crippen LogP contribution in [0.15, 0.2) is 24.3 Å². The SMILES string of the molecule is CCOc1cccc(OCC(=O)CCl)c1. The van der Waals surface area contributed by atoms with Gasteiger partial charge in [0.25, 0.3) is 0 Å². The molecule has 0 saturated carbocycles. The van der Waals surface area contributed by atoms with E-state index in [2.05, 4.69) is 0 Å². The van der Waals surface area contributed by atoms with E-state index in [4.69, 9.17) is 21.1 Å². The van der Waals surface area contributed by atoms with Gasteiger partial charge in [0, 0.05) is 6.07 Å². The zero-order valence-electron chi connectivity index (χ0n) is 8.53. The van der Waals surface area contributed by atoms with E-state index in [-0.39, 0.29) is 18.3 Å². The Morgan fingerprint density at radius 3 is 2.60 bits per heavy atom. The number of ether oxygens (including phenoxy) is 2. The molecule has 0 saturated heterocycles. The summed E-state index contributed by atoms with van der Waals surface area (Å²) in [5.41, 5.74) is 0. The molecule has 0 amide bonds. The van der Waals surface area contributed by atoms with Crippen molar-refractivity contribution in [3.8, 4) is 11.5 Å². The molecule has 82 valence electrons. The predicted molar refractivity (Wildman–Crippen MR) is 58.8 cm³/mol. The molecule has 0 atom stereocenters. The summed E-state index contributed by atoms with van der Waals surface area (Å²) >= 11 is 5.34. The maximum atomic E-state index is 10.9. The van der Waals surface area contributed by atoms with Gasteiger partial charge in [-0.15, -0.1) is 11.6 Å². The Morgan fingerprint density at radius 1 is 1.33 bits per heavy atom. The van der Waals surface area contributed by atoms with Gasteiger partial charge in [-0.05, 0) is 19.1 Å². The number of hydrogen-bond acceptors (Lipinski definition) is 3. The first-order chi connectivity index (χ1) is 7.26. The van der Waals surface area contributed by atoms with Crippen LogP contribution in [-0.2, 0) is 4.79 Å². The van der Waals surface area contributed by atoms with Crippen molar-refractivity contribution >= 4 is 17.4 Å². The Bertz CT molecular complexity index is 325. The van der Waals surface area contributed by atoms with Crippen molar-refractivity contribution in [1.82, 2.24) is 0 Å². The number of carbonyl (C=O) groups is 1. The van der Waals surface area contributed by atoms with Crippen LogP contribution in [0.25, 0.3) is 0 Å². The molecule has 0 fully saturated rings. The summed E-state index contributed by atoms with van der Waals surface area (Å²) < 4.78 is 10.5. The van der Waals surface area contributed by atoms with E-state index >= 15 is 0 Å². The fourth-order valence-electron chi connectivity index (χ4n) is 1.02. The fourth-order valence-corrected chi connectivity index (χ4v) is 1.10.